The van der Waals surface area contributed by atoms with Gasteiger partial charge in [-0.25, -0.2) is 4.98 Å². The molecule has 1 aromatic heterocycles. The van der Waals surface area contributed by atoms with Gasteiger partial charge >= 0.3 is 5.97 Å². The monoisotopic (exact) mass is 255 g/mol. The molecule has 17 heavy (non-hydrogen) atoms. The van der Waals surface area contributed by atoms with E-state index in [0.717, 1.165) is 17.8 Å². The molecule has 1 fully saturated rings. The average molecular weight is 255 g/mol. The van der Waals surface area contributed by atoms with Crippen LogP contribution in [0.25, 0.3) is 0 Å². The number of carboxylic acid groups (broad SMARTS) is 1. The minimum absolute atomic E-state index is 0.115. The topological polar surface area (TPSA) is 70.4 Å². The summed E-state index contributed by atoms with van der Waals surface area (Å²) in [6.07, 6.45) is 4.51. The minimum atomic E-state index is -0.919. The van der Waals surface area contributed by atoms with E-state index in [1.54, 1.807) is 13.1 Å². The summed E-state index contributed by atoms with van der Waals surface area (Å²) in [4.78, 5) is 15.0. The number of hydrogen-bond acceptors (Lipinski definition) is 4. The first-order chi connectivity index (χ1) is 8.01. The molecule has 1 heterocycles. The van der Waals surface area contributed by atoms with Crippen molar-refractivity contribution in [1.82, 2.24) is 4.98 Å². The van der Waals surface area contributed by atoms with Crippen LogP contribution in [0.4, 0.5) is 0 Å². The van der Waals surface area contributed by atoms with E-state index in [0.29, 0.717) is 12.8 Å². The Balaban J connectivity index is 2.03. The van der Waals surface area contributed by atoms with Crippen molar-refractivity contribution in [3.63, 3.8) is 0 Å². The molecule has 0 bridgehead atoms. The smallest absolute Gasteiger partial charge is 0.306 e. The molecule has 0 amide bonds. The van der Waals surface area contributed by atoms with Gasteiger partial charge < -0.3 is 10.2 Å². The second-order valence-corrected chi connectivity index (χ2v) is 5.77. The summed E-state index contributed by atoms with van der Waals surface area (Å²) in [5, 5.41) is 22.0. The molecule has 2 N–H and O–H groups in total. The molecule has 94 valence electrons. The molecule has 1 unspecified atom stereocenters. The molecule has 4 nitrogen and oxygen atoms in total. The molecule has 0 radical (unpaired) electrons. The lowest BCUT2D eigenvalue weighted by atomic mass is 9.74. The molecule has 0 aliphatic heterocycles. The SMILES string of the molecule is CC(O)(c1nccs1)[C@H]1CC[C@H](C(=O)O)CC1. The van der Waals surface area contributed by atoms with Crippen LogP contribution < -0.4 is 0 Å². The third-order valence-electron chi connectivity index (χ3n) is 3.74. The number of thiazole rings is 1. The van der Waals surface area contributed by atoms with Gasteiger partial charge in [-0.3, -0.25) is 4.79 Å². The number of aliphatic carboxylic acids is 1. The zero-order valence-electron chi connectivity index (χ0n) is 9.80. The highest BCUT2D eigenvalue weighted by Gasteiger charge is 2.39. The number of aliphatic hydroxyl groups is 1. The maximum absolute atomic E-state index is 10.9. The van der Waals surface area contributed by atoms with Crippen LogP contribution in [0, 0.1) is 11.8 Å². The predicted molar refractivity (Wildman–Crippen MR) is 64.8 cm³/mol. The van der Waals surface area contributed by atoms with Crippen LogP contribution in [-0.4, -0.2) is 21.2 Å². The first kappa shape index (κ1) is 12.5. The van der Waals surface area contributed by atoms with Crippen LogP contribution in [0.3, 0.4) is 0 Å². The maximum atomic E-state index is 10.9. The van der Waals surface area contributed by atoms with Gasteiger partial charge in [0, 0.05) is 11.6 Å². The van der Waals surface area contributed by atoms with E-state index in [1.165, 1.54) is 11.3 Å². The first-order valence-corrected chi connectivity index (χ1v) is 6.75. The van der Waals surface area contributed by atoms with E-state index in [9.17, 15) is 9.90 Å². The van der Waals surface area contributed by atoms with Gasteiger partial charge in [0.05, 0.1) is 5.92 Å². The van der Waals surface area contributed by atoms with E-state index in [-0.39, 0.29) is 11.8 Å². The normalized spacial score (nSPS) is 28.6. The van der Waals surface area contributed by atoms with Crippen LogP contribution in [0.15, 0.2) is 11.6 Å². The van der Waals surface area contributed by atoms with Crippen molar-refractivity contribution < 1.29 is 15.0 Å². The van der Waals surface area contributed by atoms with Gasteiger partial charge in [-0.1, -0.05) is 0 Å². The standard InChI is InChI=1S/C12H17NO3S/c1-12(16,11-13-6-7-17-11)9-4-2-8(3-5-9)10(14)15/h6-9,16H,2-5H2,1H3,(H,14,15)/t8-,9-,12?. The van der Waals surface area contributed by atoms with Gasteiger partial charge in [0.2, 0.25) is 0 Å². The molecule has 1 saturated carbocycles. The van der Waals surface area contributed by atoms with Crippen LogP contribution >= 0.6 is 11.3 Å². The van der Waals surface area contributed by atoms with E-state index in [2.05, 4.69) is 4.98 Å². The number of carboxylic acids is 1. The zero-order valence-corrected chi connectivity index (χ0v) is 10.6. The summed E-state index contributed by atoms with van der Waals surface area (Å²) in [5.74, 6) is -0.833. The van der Waals surface area contributed by atoms with E-state index >= 15 is 0 Å². The highest BCUT2D eigenvalue weighted by atomic mass is 32.1. The Hall–Kier alpha value is -0.940. The molecule has 1 aliphatic rings. The fourth-order valence-electron chi connectivity index (χ4n) is 2.55. The lowest BCUT2D eigenvalue weighted by Gasteiger charge is -2.35. The summed E-state index contributed by atoms with van der Waals surface area (Å²) in [7, 11) is 0. The number of hydrogen-bond donors (Lipinski definition) is 2. The summed E-state index contributed by atoms with van der Waals surface area (Å²) in [5.41, 5.74) is -0.919. The van der Waals surface area contributed by atoms with Crippen molar-refractivity contribution in [3.8, 4) is 0 Å². The van der Waals surface area contributed by atoms with Crippen molar-refractivity contribution in [2.75, 3.05) is 0 Å². The van der Waals surface area contributed by atoms with Crippen molar-refractivity contribution in [1.29, 1.82) is 0 Å². The van der Waals surface area contributed by atoms with Crippen LogP contribution in [-0.2, 0) is 10.4 Å². The van der Waals surface area contributed by atoms with Crippen molar-refractivity contribution in [2.45, 2.75) is 38.2 Å². The Labute approximate surface area is 104 Å². The second-order valence-electron chi connectivity index (χ2n) is 4.87. The van der Waals surface area contributed by atoms with Gasteiger partial charge in [0.15, 0.2) is 0 Å². The highest BCUT2D eigenvalue weighted by molar-refractivity contribution is 7.09. The fourth-order valence-corrected chi connectivity index (χ4v) is 3.33. The van der Waals surface area contributed by atoms with Crippen molar-refractivity contribution in [2.24, 2.45) is 11.8 Å². The molecule has 5 heteroatoms. The highest BCUT2D eigenvalue weighted by Crippen LogP contribution is 2.41. The summed E-state index contributed by atoms with van der Waals surface area (Å²) < 4.78 is 0. The number of aromatic nitrogens is 1. The van der Waals surface area contributed by atoms with Gasteiger partial charge in [0.1, 0.15) is 10.6 Å². The molecule has 1 atom stereocenters. The lowest BCUT2D eigenvalue weighted by molar-refractivity contribution is -0.144. The van der Waals surface area contributed by atoms with Gasteiger partial charge in [-0.2, -0.15) is 0 Å². The Morgan fingerprint density at radius 2 is 2.12 bits per heavy atom. The maximum Gasteiger partial charge on any atom is 0.306 e. The van der Waals surface area contributed by atoms with Gasteiger partial charge in [-0.05, 0) is 38.5 Å². The summed E-state index contributed by atoms with van der Waals surface area (Å²) >= 11 is 1.45. The molecule has 1 aromatic rings. The Kier molecular flexibility index (Phi) is 3.49. The molecule has 0 aromatic carbocycles. The summed E-state index contributed by atoms with van der Waals surface area (Å²) in [6.45, 7) is 1.79. The number of nitrogens with zero attached hydrogens (tertiary/aromatic N) is 1. The Morgan fingerprint density at radius 3 is 2.59 bits per heavy atom. The Bertz CT molecular complexity index is 380. The second kappa shape index (κ2) is 4.74. The largest absolute Gasteiger partial charge is 0.481 e. The van der Waals surface area contributed by atoms with Crippen molar-refractivity contribution in [3.05, 3.63) is 16.6 Å². The first-order valence-electron chi connectivity index (χ1n) is 5.87. The number of carbonyl (C=O) groups is 1. The number of rotatable bonds is 3. The van der Waals surface area contributed by atoms with E-state index < -0.39 is 11.6 Å². The average Bonchev–Trinajstić information content (AvgIpc) is 2.83. The lowest BCUT2D eigenvalue weighted by Crippen LogP contribution is -2.35. The van der Waals surface area contributed by atoms with Crippen LogP contribution in [0.1, 0.15) is 37.6 Å². The quantitative estimate of drug-likeness (QED) is 0.869. The van der Waals surface area contributed by atoms with E-state index in [1.807, 2.05) is 5.38 Å². The summed E-state index contributed by atoms with van der Waals surface area (Å²) in [6, 6.07) is 0. The molecular formula is C12H17NO3S. The van der Waals surface area contributed by atoms with Gasteiger partial charge in [0.25, 0.3) is 0 Å². The molecular weight excluding hydrogens is 238 g/mol. The third kappa shape index (κ3) is 2.50. The van der Waals surface area contributed by atoms with Crippen molar-refractivity contribution >= 4 is 17.3 Å². The molecule has 2 rings (SSSR count). The minimum Gasteiger partial charge on any atom is -0.481 e. The molecule has 0 spiro atoms. The molecule has 0 saturated heterocycles. The molecule has 1 aliphatic carbocycles. The fraction of sp³-hybridized carbons (Fsp3) is 0.667. The van der Waals surface area contributed by atoms with Gasteiger partial charge in [-0.15, -0.1) is 11.3 Å². The van der Waals surface area contributed by atoms with Crippen LogP contribution in [0.5, 0.6) is 0 Å². The Morgan fingerprint density at radius 1 is 1.47 bits per heavy atom. The third-order valence-corrected chi connectivity index (χ3v) is 4.74. The van der Waals surface area contributed by atoms with Crippen LogP contribution in [0.2, 0.25) is 0 Å². The van der Waals surface area contributed by atoms with E-state index in [4.69, 9.17) is 5.11 Å². The predicted octanol–water partition coefficient (Wildman–Crippen LogP) is 2.24. The zero-order chi connectivity index (χ0) is 12.5.